The number of nitrogens with zero attached hydrogens (tertiary/aromatic N) is 2. The first kappa shape index (κ1) is 14.9. The van der Waals surface area contributed by atoms with Gasteiger partial charge in [-0.15, -0.1) is 6.58 Å². The highest BCUT2D eigenvalue weighted by molar-refractivity contribution is 7.89. The second-order valence-electron chi connectivity index (χ2n) is 4.09. The summed E-state index contributed by atoms with van der Waals surface area (Å²) in [5.41, 5.74) is 6.80. The Balaban J connectivity index is 2.94. The van der Waals surface area contributed by atoms with Crippen LogP contribution in [0.3, 0.4) is 0 Å². The van der Waals surface area contributed by atoms with Gasteiger partial charge in [0.05, 0.1) is 0 Å². The third-order valence-corrected chi connectivity index (χ3v) is 4.61. The number of hydrogen-bond acceptors (Lipinski definition) is 4. The highest BCUT2D eigenvalue weighted by atomic mass is 32.2. The smallest absolute Gasteiger partial charge is 0.262 e. The van der Waals surface area contributed by atoms with Gasteiger partial charge in [-0.3, -0.25) is 5.10 Å². The Kier molecular flexibility index (Phi) is 5.06. The van der Waals surface area contributed by atoms with Gasteiger partial charge in [-0.05, 0) is 19.8 Å². The molecule has 0 aliphatic rings. The third kappa shape index (κ3) is 2.98. The minimum Gasteiger partial charge on any atom is -0.326 e. The van der Waals surface area contributed by atoms with Gasteiger partial charge in [0, 0.05) is 31.4 Å². The van der Waals surface area contributed by atoms with E-state index in [2.05, 4.69) is 16.8 Å². The van der Waals surface area contributed by atoms with Crippen molar-refractivity contribution < 1.29 is 8.42 Å². The molecule has 0 saturated heterocycles. The zero-order chi connectivity index (χ0) is 13.8. The van der Waals surface area contributed by atoms with Crippen LogP contribution in [0.2, 0.25) is 0 Å². The molecular weight excluding hydrogens is 252 g/mol. The molecule has 0 fully saturated rings. The van der Waals surface area contributed by atoms with E-state index in [0.29, 0.717) is 17.8 Å². The molecule has 0 aliphatic carbocycles. The molecule has 7 heteroatoms. The maximum absolute atomic E-state index is 12.3. The molecule has 3 N–H and O–H groups in total. The van der Waals surface area contributed by atoms with Crippen LogP contribution in [-0.2, 0) is 16.6 Å². The van der Waals surface area contributed by atoms with Crippen molar-refractivity contribution in [3.63, 3.8) is 0 Å². The molecule has 1 aromatic heterocycles. The van der Waals surface area contributed by atoms with E-state index in [-0.39, 0.29) is 11.6 Å². The monoisotopic (exact) mass is 272 g/mol. The Morgan fingerprint density at radius 2 is 2.22 bits per heavy atom. The highest BCUT2D eigenvalue weighted by Gasteiger charge is 2.27. The van der Waals surface area contributed by atoms with Crippen molar-refractivity contribution in [2.75, 3.05) is 13.6 Å². The van der Waals surface area contributed by atoms with E-state index >= 15 is 0 Å². The van der Waals surface area contributed by atoms with Gasteiger partial charge in [0.2, 0.25) is 0 Å². The van der Waals surface area contributed by atoms with Crippen LogP contribution in [0.25, 0.3) is 0 Å². The lowest BCUT2D eigenvalue weighted by atomic mass is 10.3. The molecule has 0 amide bonds. The molecule has 1 rings (SSSR count). The van der Waals surface area contributed by atoms with Gasteiger partial charge < -0.3 is 5.73 Å². The minimum absolute atomic E-state index is 0.0311. The van der Waals surface area contributed by atoms with Crippen molar-refractivity contribution in [3.05, 3.63) is 23.9 Å². The van der Waals surface area contributed by atoms with E-state index in [9.17, 15) is 8.42 Å². The molecule has 102 valence electrons. The molecule has 6 nitrogen and oxygen atoms in total. The summed E-state index contributed by atoms with van der Waals surface area (Å²) >= 11 is 0. The van der Waals surface area contributed by atoms with E-state index < -0.39 is 10.0 Å². The second kappa shape index (κ2) is 6.12. The lowest BCUT2D eigenvalue weighted by Gasteiger charge is -2.15. The summed E-state index contributed by atoms with van der Waals surface area (Å²) in [6.07, 6.45) is 3.29. The van der Waals surface area contributed by atoms with Gasteiger partial charge in [0.15, 0.2) is 5.03 Å². The maximum Gasteiger partial charge on any atom is 0.262 e. The molecule has 1 aromatic rings. The number of aromatic amines is 1. The first-order valence-corrected chi connectivity index (χ1v) is 7.20. The fraction of sp³-hybridized carbons (Fsp3) is 0.545. The average molecular weight is 272 g/mol. The number of nitrogens with two attached hydrogens (primary N) is 1. The SMILES string of the molecule is C=CCCCN(C)S(=O)(=O)c1n[nH]c(C)c1CN. The van der Waals surface area contributed by atoms with Crippen LogP contribution < -0.4 is 5.73 Å². The van der Waals surface area contributed by atoms with Crippen molar-refractivity contribution in [1.82, 2.24) is 14.5 Å². The van der Waals surface area contributed by atoms with Crippen molar-refractivity contribution in [2.24, 2.45) is 5.73 Å². The lowest BCUT2D eigenvalue weighted by molar-refractivity contribution is 0.459. The summed E-state index contributed by atoms with van der Waals surface area (Å²) in [6, 6.07) is 0. The zero-order valence-electron chi connectivity index (χ0n) is 10.8. The van der Waals surface area contributed by atoms with Gasteiger partial charge in [-0.1, -0.05) is 6.08 Å². The number of hydrogen-bond donors (Lipinski definition) is 2. The lowest BCUT2D eigenvalue weighted by Crippen LogP contribution is -2.29. The van der Waals surface area contributed by atoms with Crippen molar-refractivity contribution >= 4 is 10.0 Å². The Morgan fingerprint density at radius 1 is 1.56 bits per heavy atom. The van der Waals surface area contributed by atoms with E-state index in [1.165, 1.54) is 4.31 Å². The minimum atomic E-state index is -3.56. The van der Waals surface area contributed by atoms with Gasteiger partial charge in [-0.2, -0.15) is 9.40 Å². The van der Waals surface area contributed by atoms with E-state index in [0.717, 1.165) is 12.8 Å². The van der Waals surface area contributed by atoms with Crippen LogP contribution in [0.15, 0.2) is 17.7 Å². The van der Waals surface area contributed by atoms with Crippen LogP contribution in [0, 0.1) is 6.92 Å². The summed E-state index contributed by atoms with van der Waals surface area (Å²) in [6.45, 7) is 5.95. The van der Waals surface area contributed by atoms with Crippen molar-refractivity contribution in [1.29, 1.82) is 0 Å². The largest absolute Gasteiger partial charge is 0.326 e. The van der Waals surface area contributed by atoms with Crippen LogP contribution in [-0.4, -0.2) is 36.5 Å². The predicted octanol–water partition coefficient (Wildman–Crippen LogP) is 0.764. The molecule has 0 aliphatic heterocycles. The zero-order valence-corrected chi connectivity index (χ0v) is 11.6. The third-order valence-electron chi connectivity index (χ3n) is 2.78. The number of rotatable bonds is 7. The van der Waals surface area contributed by atoms with Crippen molar-refractivity contribution in [3.8, 4) is 0 Å². The first-order valence-electron chi connectivity index (χ1n) is 5.76. The Hall–Kier alpha value is -1.18. The fourth-order valence-electron chi connectivity index (χ4n) is 1.61. The van der Waals surface area contributed by atoms with E-state index in [4.69, 9.17) is 5.73 Å². The average Bonchev–Trinajstić information content (AvgIpc) is 2.71. The summed E-state index contributed by atoms with van der Waals surface area (Å²) in [7, 11) is -2.02. The fourth-order valence-corrected chi connectivity index (χ4v) is 2.98. The molecule has 0 radical (unpaired) electrons. The standard InChI is InChI=1S/C11H20N4O2S/c1-4-5-6-7-15(3)18(16,17)11-10(8-12)9(2)13-14-11/h4H,1,5-8,12H2,2-3H3,(H,13,14). The number of unbranched alkanes of at least 4 members (excludes halogenated alkanes) is 1. The quantitative estimate of drug-likeness (QED) is 0.566. The summed E-state index contributed by atoms with van der Waals surface area (Å²) in [5, 5.41) is 6.55. The van der Waals surface area contributed by atoms with Crippen LogP contribution in [0.5, 0.6) is 0 Å². The summed E-state index contributed by atoms with van der Waals surface area (Å²) < 4.78 is 25.9. The molecule has 0 unspecified atom stereocenters. The summed E-state index contributed by atoms with van der Waals surface area (Å²) in [5.74, 6) is 0. The summed E-state index contributed by atoms with van der Waals surface area (Å²) in [4.78, 5) is 0. The number of aryl methyl sites for hydroxylation is 1. The maximum atomic E-state index is 12.3. The normalized spacial score (nSPS) is 12.0. The highest BCUT2D eigenvalue weighted by Crippen LogP contribution is 2.19. The molecular formula is C11H20N4O2S. The van der Waals surface area contributed by atoms with Gasteiger partial charge in [-0.25, -0.2) is 8.42 Å². The topological polar surface area (TPSA) is 92.1 Å². The second-order valence-corrected chi connectivity index (χ2v) is 6.05. The molecule has 18 heavy (non-hydrogen) atoms. The molecule has 0 saturated carbocycles. The van der Waals surface area contributed by atoms with Crippen molar-refractivity contribution in [2.45, 2.75) is 31.3 Å². The Bertz CT molecular complexity index is 507. The van der Waals surface area contributed by atoms with Gasteiger partial charge in [0.25, 0.3) is 10.0 Å². The molecule has 0 atom stereocenters. The van der Waals surface area contributed by atoms with Gasteiger partial charge >= 0.3 is 0 Å². The van der Waals surface area contributed by atoms with Crippen LogP contribution >= 0.6 is 0 Å². The predicted molar refractivity (Wildman–Crippen MR) is 70.5 cm³/mol. The van der Waals surface area contributed by atoms with Gasteiger partial charge in [0.1, 0.15) is 0 Å². The number of aromatic nitrogens is 2. The molecule has 0 aromatic carbocycles. The molecule has 0 bridgehead atoms. The molecule has 1 heterocycles. The number of sulfonamides is 1. The molecule has 0 spiro atoms. The van der Waals surface area contributed by atoms with Crippen LogP contribution in [0.4, 0.5) is 0 Å². The number of nitrogens with one attached hydrogen (secondary N) is 1. The number of H-pyrrole nitrogens is 1. The van der Waals surface area contributed by atoms with E-state index in [1.54, 1.807) is 20.0 Å². The van der Waals surface area contributed by atoms with Crippen LogP contribution in [0.1, 0.15) is 24.1 Å². The number of allylic oxidation sites excluding steroid dienone is 1. The van der Waals surface area contributed by atoms with E-state index in [1.807, 2.05) is 0 Å². The Labute approximate surface area is 108 Å². The first-order chi connectivity index (χ1) is 8.45. The Morgan fingerprint density at radius 3 is 2.78 bits per heavy atom.